The second-order valence-electron chi connectivity index (χ2n) is 6.02. The van der Waals surface area contributed by atoms with Crippen LogP contribution in [0.5, 0.6) is 5.75 Å². The zero-order valence-electron chi connectivity index (χ0n) is 13.3. The molecule has 122 valence electrons. The van der Waals surface area contributed by atoms with Gasteiger partial charge in [0.15, 0.2) is 0 Å². The Labute approximate surface area is 140 Å². The van der Waals surface area contributed by atoms with E-state index in [1.165, 1.54) is 6.42 Å². The lowest BCUT2D eigenvalue weighted by Crippen LogP contribution is -2.24. The second kappa shape index (κ2) is 6.45. The summed E-state index contributed by atoms with van der Waals surface area (Å²) in [6, 6.07) is 15.6. The first kappa shape index (κ1) is 14.9. The first-order valence-electron chi connectivity index (χ1n) is 8.22. The third kappa shape index (κ3) is 3.03. The van der Waals surface area contributed by atoms with Crippen molar-refractivity contribution in [3.8, 4) is 28.6 Å². The monoisotopic (exact) mass is 321 g/mol. The van der Waals surface area contributed by atoms with Gasteiger partial charge in [0.05, 0.1) is 6.10 Å². The molecule has 0 radical (unpaired) electrons. The average molecular weight is 321 g/mol. The summed E-state index contributed by atoms with van der Waals surface area (Å²) in [5.41, 5.74) is 8.47. The number of nitrogens with zero attached hydrogens (tertiary/aromatic N) is 2. The van der Waals surface area contributed by atoms with Gasteiger partial charge in [-0.25, -0.2) is 0 Å². The minimum absolute atomic E-state index is 0.379. The van der Waals surface area contributed by atoms with Crippen molar-refractivity contribution < 1.29 is 9.26 Å². The zero-order valence-corrected chi connectivity index (χ0v) is 13.3. The molecule has 1 heterocycles. The van der Waals surface area contributed by atoms with Crippen LogP contribution in [0, 0.1) is 0 Å². The highest BCUT2D eigenvalue weighted by atomic mass is 16.5. The highest BCUT2D eigenvalue weighted by Crippen LogP contribution is 2.27. The van der Waals surface area contributed by atoms with E-state index in [4.69, 9.17) is 15.0 Å². The maximum Gasteiger partial charge on any atom is 0.258 e. The molecule has 0 aliphatic heterocycles. The van der Waals surface area contributed by atoms with Gasteiger partial charge in [0.2, 0.25) is 5.82 Å². The Balaban J connectivity index is 1.50. The summed E-state index contributed by atoms with van der Waals surface area (Å²) in [4.78, 5) is 4.47. The number of ether oxygens (including phenoxy) is 1. The van der Waals surface area contributed by atoms with Crippen LogP contribution in [0.1, 0.15) is 24.8 Å². The maximum absolute atomic E-state index is 5.86. The molecule has 0 atom stereocenters. The Bertz CT molecular complexity index is 805. The van der Waals surface area contributed by atoms with Crippen LogP contribution >= 0.6 is 0 Å². The number of aromatic nitrogens is 2. The van der Waals surface area contributed by atoms with E-state index in [1.807, 2.05) is 48.5 Å². The van der Waals surface area contributed by atoms with Crippen LogP contribution in [0.4, 0.5) is 0 Å². The summed E-state index contributed by atoms with van der Waals surface area (Å²) in [6.45, 7) is 0.518. The van der Waals surface area contributed by atoms with Gasteiger partial charge in [-0.3, -0.25) is 0 Å². The van der Waals surface area contributed by atoms with Crippen LogP contribution < -0.4 is 10.5 Å². The van der Waals surface area contributed by atoms with Gasteiger partial charge in [-0.1, -0.05) is 17.3 Å². The fraction of sp³-hybridized carbons (Fsp3) is 0.263. The molecule has 0 amide bonds. The molecule has 24 heavy (non-hydrogen) atoms. The molecule has 1 aromatic heterocycles. The lowest BCUT2D eigenvalue weighted by atomic mass is 9.96. The van der Waals surface area contributed by atoms with E-state index in [0.717, 1.165) is 35.3 Å². The van der Waals surface area contributed by atoms with Crippen molar-refractivity contribution in [3.05, 3.63) is 54.1 Å². The van der Waals surface area contributed by atoms with Crippen molar-refractivity contribution in [2.24, 2.45) is 5.73 Å². The number of hydrogen-bond acceptors (Lipinski definition) is 5. The predicted molar refractivity (Wildman–Crippen MR) is 91.3 cm³/mol. The normalized spacial score (nSPS) is 14.4. The van der Waals surface area contributed by atoms with Crippen molar-refractivity contribution >= 4 is 0 Å². The molecule has 1 fully saturated rings. The van der Waals surface area contributed by atoms with E-state index < -0.39 is 0 Å². The van der Waals surface area contributed by atoms with Gasteiger partial charge in [-0.2, -0.15) is 4.98 Å². The molecule has 1 saturated carbocycles. The van der Waals surface area contributed by atoms with Gasteiger partial charge in [0.1, 0.15) is 5.75 Å². The summed E-state index contributed by atoms with van der Waals surface area (Å²) >= 11 is 0. The highest BCUT2D eigenvalue weighted by molar-refractivity contribution is 5.60. The second-order valence-corrected chi connectivity index (χ2v) is 6.02. The fourth-order valence-corrected chi connectivity index (χ4v) is 2.61. The molecule has 3 aromatic rings. The van der Waals surface area contributed by atoms with E-state index in [1.54, 1.807) is 0 Å². The van der Waals surface area contributed by atoms with Gasteiger partial charge in [-0.05, 0) is 61.2 Å². The van der Waals surface area contributed by atoms with Crippen molar-refractivity contribution in [2.45, 2.75) is 31.9 Å². The minimum atomic E-state index is 0.379. The zero-order chi connectivity index (χ0) is 16.4. The molecular formula is C19H19N3O2. The summed E-state index contributed by atoms with van der Waals surface area (Å²) in [7, 11) is 0. The molecule has 1 aliphatic carbocycles. The molecular weight excluding hydrogens is 302 g/mol. The van der Waals surface area contributed by atoms with Crippen LogP contribution in [0.3, 0.4) is 0 Å². The lowest BCUT2D eigenvalue weighted by molar-refractivity contribution is 0.120. The van der Waals surface area contributed by atoms with Crippen LogP contribution in [-0.2, 0) is 6.54 Å². The molecule has 0 spiro atoms. The third-order valence-corrected chi connectivity index (χ3v) is 4.33. The largest absolute Gasteiger partial charge is 0.490 e. The van der Waals surface area contributed by atoms with Gasteiger partial charge in [-0.15, -0.1) is 0 Å². The number of rotatable bonds is 5. The highest BCUT2D eigenvalue weighted by Gasteiger charge is 2.19. The first-order valence-corrected chi connectivity index (χ1v) is 8.22. The van der Waals surface area contributed by atoms with Crippen LogP contribution in [0.15, 0.2) is 53.1 Å². The summed E-state index contributed by atoms with van der Waals surface area (Å²) < 4.78 is 11.2. The molecule has 5 heteroatoms. The van der Waals surface area contributed by atoms with Crippen LogP contribution in [0.25, 0.3) is 22.8 Å². The van der Waals surface area contributed by atoms with E-state index in [9.17, 15) is 0 Å². The average Bonchev–Trinajstić information content (AvgIpc) is 3.09. The van der Waals surface area contributed by atoms with E-state index in [-0.39, 0.29) is 0 Å². The lowest BCUT2D eigenvalue weighted by Gasteiger charge is -2.26. The quantitative estimate of drug-likeness (QED) is 0.774. The Morgan fingerprint density at radius 2 is 1.71 bits per heavy atom. The Morgan fingerprint density at radius 1 is 1.00 bits per heavy atom. The molecule has 5 nitrogen and oxygen atoms in total. The van der Waals surface area contributed by atoms with Gasteiger partial charge in [0, 0.05) is 17.7 Å². The molecule has 0 saturated heterocycles. The molecule has 2 aromatic carbocycles. The minimum Gasteiger partial charge on any atom is -0.490 e. The molecule has 1 aliphatic rings. The Morgan fingerprint density at radius 3 is 2.33 bits per heavy atom. The maximum atomic E-state index is 5.86. The van der Waals surface area contributed by atoms with Crippen LogP contribution in [0.2, 0.25) is 0 Å². The van der Waals surface area contributed by atoms with Gasteiger partial charge < -0.3 is 15.0 Å². The molecule has 2 N–H and O–H groups in total. The summed E-state index contributed by atoms with van der Waals surface area (Å²) in [5.74, 6) is 1.97. The van der Waals surface area contributed by atoms with Crippen molar-refractivity contribution in [2.75, 3.05) is 0 Å². The van der Waals surface area contributed by atoms with Crippen molar-refractivity contribution in [1.82, 2.24) is 10.1 Å². The summed E-state index contributed by atoms with van der Waals surface area (Å²) in [6.07, 6.45) is 3.95. The fourth-order valence-electron chi connectivity index (χ4n) is 2.61. The molecule has 0 unspecified atom stereocenters. The summed E-state index contributed by atoms with van der Waals surface area (Å²) in [5, 5.41) is 4.07. The van der Waals surface area contributed by atoms with E-state index >= 15 is 0 Å². The van der Waals surface area contributed by atoms with Crippen molar-refractivity contribution in [1.29, 1.82) is 0 Å². The molecule has 4 rings (SSSR count). The Kier molecular flexibility index (Phi) is 4.01. The van der Waals surface area contributed by atoms with Crippen molar-refractivity contribution in [3.63, 3.8) is 0 Å². The van der Waals surface area contributed by atoms with E-state index in [2.05, 4.69) is 10.1 Å². The molecule has 0 bridgehead atoms. The number of hydrogen-bond donors (Lipinski definition) is 1. The van der Waals surface area contributed by atoms with Crippen LogP contribution in [-0.4, -0.2) is 16.2 Å². The SMILES string of the molecule is NCc1ccc(-c2nc(-c3ccc(OC4CCC4)cc3)no2)cc1. The Hall–Kier alpha value is -2.66. The standard InChI is InChI=1S/C19H19N3O2/c20-12-13-4-6-15(7-5-13)19-21-18(22-24-19)14-8-10-17(11-9-14)23-16-2-1-3-16/h4-11,16H,1-3,12,20H2. The van der Waals surface area contributed by atoms with Gasteiger partial charge in [0.25, 0.3) is 5.89 Å². The topological polar surface area (TPSA) is 74.2 Å². The van der Waals surface area contributed by atoms with Gasteiger partial charge >= 0.3 is 0 Å². The van der Waals surface area contributed by atoms with E-state index in [0.29, 0.717) is 24.4 Å². The predicted octanol–water partition coefficient (Wildman–Crippen LogP) is 3.79. The number of benzene rings is 2. The number of nitrogens with two attached hydrogens (primary N) is 1. The third-order valence-electron chi connectivity index (χ3n) is 4.33. The first-order chi connectivity index (χ1) is 11.8. The smallest absolute Gasteiger partial charge is 0.258 e.